The van der Waals surface area contributed by atoms with Crippen molar-refractivity contribution in [3.8, 4) is 0 Å². The standard InChI is InChI=1S/C23H30N4OS/c29-23-25-21(19-11-4-5-13-24-19)22(27(23)17-8-2-1-3-9-17)20-12-6-14-26(20)16-18-10-7-15-28-18/h4-6,11-14,17-18,21-22H,1-3,7-10,15-16H2,(H,25,29). The Labute approximate surface area is 178 Å². The molecule has 5 rings (SSSR count). The van der Waals surface area contributed by atoms with Crippen LogP contribution in [0.5, 0.6) is 0 Å². The van der Waals surface area contributed by atoms with Gasteiger partial charge in [0.2, 0.25) is 0 Å². The van der Waals surface area contributed by atoms with Crippen LogP contribution < -0.4 is 5.32 Å². The molecule has 1 saturated carbocycles. The Bertz CT molecular complexity index is 826. The van der Waals surface area contributed by atoms with Crippen LogP contribution in [0.15, 0.2) is 42.7 Å². The van der Waals surface area contributed by atoms with Gasteiger partial charge in [-0.05, 0) is 62.2 Å². The number of thiocarbonyl (C=S) groups is 1. The van der Waals surface area contributed by atoms with Gasteiger partial charge in [-0.15, -0.1) is 0 Å². The quantitative estimate of drug-likeness (QED) is 0.742. The lowest BCUT2D eigenvalue weighted by atomic mass is 9.92. The van der Waals surface area contributed by atoms with Gasteiger partial charge in [0.25, 0.3) is 0 Å². The second kappa shape index (κ2) is 8.44. The maximum absolute atomic E-state index is 5.93. The van der Waals surface area contributed by atoms with Gasteiger partial charge in [-0.25, -0.2) is 0 Å². The van der Waals surface area contributed by atoms with Crippen molar-refractivity contribution in [2.75, 3.05) is 6.61 Å². The van der Waals surface area contributed by atoms with Crippen LogP contribution in [-0.2, 0) is 11.3 Å². The number of nitrogens with zero attached hydrogens (tertiary/aromatic N) is 3. The zero-order chi connectivity index (χ0) is 19.6. The molecule has 2 saturated heterocycles. The monoisotopic (exact) mass is 410 g/mol. The molecule has 4 heterocycles. The summed E-state index contributed by atoms with van der Waals surface area (Å²) in [6, 6.07) is 11.3. The molecule has 2 aromatic rings. The van der Waals surface area contributed by atoms with Crippen molar-refractivity contribution < 1.29 is 4.74 Å². The zero-order valence-corrected chi connectivity index (χ0v) is 17.7. The number of pyridine rings is 1. The molecule has 0 bridgehead atoms. The van der Waals surface area contributed by atoms with Gasteiger partial charge in [0.15, 0.2) is 5.11 Å². The molecule has 2 aromatic heterocycles. The minimum absolute atomic E-state index is 0.0729. The molecule has 0 aromatic carbocycles. The first kappa shape index (κ1) is 19.1. The Balaban J connectivity index is 1.51. The first-order valence-electron chi connectivity index (χ1n) is 11.1. The third kappa shape index (κ3) is 3.80. The number of aromatic nitrogens is 2. The number of ether oxygens (including phenoxy) is 1. The summed E-state index contributed by atoms with van der Waals surface area (Å²) in [7, 11) is 0. The predicted octanol–water partition coefficient (Wildman–Crippen LogP) is 4.37. The van der Waals surface area contributed by atoms with Crippen LogP contribution in [0.2, 0.25) is 0 Å². The van der Waals surface area contributed by atoms with E-state index in [9.17, 15) is 0 Å². The molecule has 29 heavy (non-hydrogen) atoms. The summed E-state index contributed by atoms with van der Waals surface area (Å²) in [5.41, 5.74) is 2.37. The second-order valence-electron chi connectivity index (χ2n) is 8.55. The second-order valence-corrected chi connectivity index (χ2v) is 8.93. The fraction of sp³-hybridized carbons (Fsp3) is 0.565. The molecule has 5 nitrogen and oxygen atoms in total. The molecule has 1 aliphatic carbocycles. The predicted molar refractivity (Wildman–Crippen MR) is 118 cm³/mol. The highest BCUT2D eigenvalue weighted by molar-refractivity contribution is 7.80. The van der Waals surface area contributed by atoms with Crippen molar-refractivity contribution >= 4 is 17.3 Å². The van der Waals surface area contributed by atoms with E-state index < -0.39 is 0 Å². The largest absolute Gasteiger partial charge is 0.376 e. The van der Waals surface area contributed by atoms with E-state index in [2.05, 4.69) is 50.2 Å². The van der Waals surface area contributed by atoms with E-state index in [-0.39, 0.29) is 12.1 Å². The Morgan fingerprint density at radius 1 is 1.07 bits per heavy atom. The van der Waals surface area contributed by atoms with E-state index in [1.807, 2.05) is 12.3 Å². The number of rotatable bonds is 5. The average molecular weight is 411 g/mol. The molecular formula is C23H30N4OS. The first-order valence-corrected chi connectivity index (χ1v) is 11.5. The van der Waals surface area contributed by atoms with E-state index in [0.29, 0.717) is 12.1 Å². The van der Waals surface area contributed by atoms with Crippen molar-refractivity contribution in [2.45, 2.75) is 75.7 Å². The van der Waals surface area contributed by atoms with E-state index >= 15 is 0 Å². The van der Waals surface area contributed by atoms with Gasteiger partial charge >= 0.3 is 0 Å². The van der Waals surface area contributed by atoms with Crippen molar-refractivity contribution in [2.24, 2.45) is 0 Å². The topological polar surface area (TPSA) is 42.3 Å². The van der Waals surface area contributed by atoms with E-state index in [0.717, 1.165) is 30.4 Å². The Morgan fingerprint density at radius 3 is 2.72 bits per heavy atom. The van der Waals surface area contributed by atoms with Crippen LogP contribution in [0.4, 0.5) is 0 Å². The fourth-order valence-corrected chi connectivity index (χ4v) is 5.69. The summed E-state index contributed by atoms with van der Waals surface area (Å²) in [6.07, 6.45) is 13.1. The first-order chi connectivity index (χ1) is 14.3. The Kier molecular flexibility index (Phi) is 5.55. The summed E-state index contributed by atoms with van der Waals surface area (Å²) in [6.45, 7) is 1.81. The molecule has 2 aliphatic heterocycles. The third-order valence-electron chi connectivity index (χ3n) is 6.70. The molecular weight excluding hydrogens is 380 g/mol. The molecule has 154 valence electrons. The summed E-state index contributed by atoms with van der Waals surface area (Å²) < 4.78 is 8.32. The van der Waals surface area contributed by atoms with E-state index in [1.165, 1.54) is 44.2 Å². The molecule has 3 fully saturated rings. The summed E-state index contributed by atoms with van der Waals surface area (Å²) >= 11 is 5.89. The van der Waals surface area contributed by atoms with Crippen molar-refractivity contribution in [3.63, 3.8) is 0 Å². The van der Waals surface area contributed by atoms with Crippen molar-refractivity contribution in [1.29, 1.82) is 0 Å². The lowest BCUT2D eigenvalue weighted by Crippen LogP contribution is -2.41. The molecule has 0 spiro atoms. The summed E-state index contributed by atoms with van der Waals surface area (Å²) in [4.78, 5) is 7.18. The van der Waals surface area contributed by atoms with Gasteiger partial charge in [-0.1, -0.05) is 25.3 Å². The van der Waals surface area contributed by atoms with Crippen LogP contribution >= 0.6 is 12.2 Å². The smallest absolute Gasteiger partial charge is 0.170 e. The number of hydrogen-bond acceptors (Lipinski definition) is 3. The average Bonchev–Trinajstić information content (AvgIpc) is 3.50. The Hall–Kier alpha value is -1.92. The molecule has 3 atom stereocenters. The maximum atomic E-state index is 5.93. The van der Waals surface area contributed by atoms with Crippen molar-refractivity contribution in [1.82, 2.24) is 19.8 Å². The SMILES string of the molecule is S=C1NC(c2ccccn2)C(c2cccn2CC2CCCO2)N1C1CCCCC1. The van der Waals surface area contributed by atoms with Gasteiger partial charge in [0, 0.05) is 37.3 Å². The maximum Gasteiger partial charge on any atom is 0.170 e. The van der Waals surface area contributed by atoms with Crippen LogP contribution in [0.25, 0.3) is 0 Å². The summed E-state index contributed by atoms with van der Waals surface area (Å²) in [5, 5.41) is 4.50. The van der Waals surface area contributed by atoms with Crippen LogP contribution in [0.3, 0.4) is 0 Å². The van der Waals surface area contributed by atoms with E-state index in [1.54, 1.807) is 0 Å². The zero-order valence-electron chi connectivity index (χ0n) is 16.9. The van der Waals surface area contributed by atoms with Crippen molar-refractivity contribution in [3.05, 3.63) is 54.1 Å². The minimum atomic E-state index is 0.0729. The molecule has 3 aliphatic rings. The summed E-state index contributed by atoms with van der Waals surface area (Å²) in [5.74, 6) is 0. The molecule has 6 heteroatoms. The third-order valence-corrected chi connectivity index (χ3v) is 7.02. The molecule has 1 N–H and O–H groups in total. The van der Waals surface area contributed by atoms with Gasteiger partial charge < -0.3 is 19.5 Å². The minimum Gasteiger partial charge on any atom is -0.376 e. The Morgan fingerprint density at radius 2 is 1.97 bits per heavy atom. The molecule has 3 unspecified atom stereocenters. The molecule has 0 radical (unpaired) electrons. The van der Waals surface area contributed by atoms with Gasteiger partial charge in [0.1, 0.15) is 0 Å². The van der Waals surface area contributed by atoms with E-state index in [4.69, 9.17) is 17.0 Å². The van der Waals surface area contributed by atoms with Crippen LogP contribution in [0.1, 0.15) is 68.4 Å². The fourth-order valence-electron chi connectivity index (χ4n) is 5.30. The number of nitrogens with one attached hydrogen (secondary N) is 1. The van der Waals surface area contributed by atoms with Gasteiger partial charge in [-0.2, -0.15) is 0 Å². The lowest BCUT2D eigenvalue weighted by molar-refractivity contribution is 0.0945. The van der Waals surface area contributed by atoms with Gasteiger partial charge in [-0.3, -0.25) is 4.98 Å². The highest BCUT2D eigenvalue weighted by atomic mass is 32.1. The lowest BCUT2D eigenvalue weighted by Gasteiger charge is -2.37. The number of hydrogen-bond donors (Lipinski definition) is 1. The highest BCUT2D eigenvalue weighted by Crippen LogP contribution is 2.42. The normalized spacial score (nSPS) is 28.1. The highest BCUT2D eigenvalue weighted by Gasteiger charge is 2.44. The van der Waals surface area contributed by atoms with Crippen LogP contribution in [0, 0.1) is 0 Å². The molecule has 0 amide bonds. The van der Waals surface area contributed by atoms with Crippen LogP contribution in [-0.4, -0.2) is 38.3 Å². The van der Waals surface area contributed by atoms with Gasteiger partial charge in [0.05, 0.1) is 23.9 Å².